The molecule has 2 aromatic carbocycles. The Kier molecular flexibility index (Phi) is 5.90. The molecule has 1 fully saturated rings. The van der Waals surface area contributed by atoms with Crippen LogP contribution in [0.2, 0.25) is 5.02 Å². The minimum Gasteiger partial charge on any atom is -0.476 e. The second-order valence-corrected chi connectivity index (χ2v) is 9.62. The summed E-state index contributed by atoms with van der Waals surface area (Å²) >= 11 is 5.92. The van der Waals surface area contributed by atoms with Gasteiger partial charge in [-0.3, -0.25) is 9.10 Å². The Balaban J connectivity index is 1.63. The molecule has 0 saturated carbocycles. The minimum atomic E-state index is -3.89. The first-order valence-corrected chi connectivity index (χ1v) is 11.8. The van der Waals surface area contributed by atoms with Crippen molar-refractivity contribution in [3.63, 3.8) is 0 Å². The quantitative estimate of drug-likeness (QED) is 0.717. The van der Waals surface area contributed by atoms with Crippen LogP contribution >= 0.6 is 11.6 Å². The van der Waals surface area contributed by atoms with Gasteiger partial charge in [0.25, 0.3) is 15.9 Å². The van der Waals surface area contributed by atoms with Crippen LogP contribution in [0, 0.1) is 0 Å². The minimum absolute atomic E-state index is 0.0746. The van der Waals surface area contributed by atoms with E-state index in [9.17, 15) is 13.2 Å². The van der Waals surface area contributed by atoms with Gasteiger partial charge in [0.05, 0.1) is 17.1 Å². The van der Waals surface area contributed by atoms with Crippen LogP contribution in [0.5, 0.6) is 5.75 Å². The Morgan fingerprint density at radius 2 is 1.73 bits per heavy atom. The second kappa shape index (κ2) is 8.45. The highest BCUT2D eigenvalue weighted by atomic mass is 35.5. The lowest BCUT2D eigenvalue weighted by Crippen LogP contribution is -2.56. The molecule has 2 aromatic rings. The van der Waals surface area contributed by atoms with Gasteiger partial charge in [-0.15, -0.1) is 0 Å². The Hall–Kier alpha value is -2.29. The summed E-state index contributed by atoms with van der Waals surface area (Å²) in [6.07, 6.45) is -0.893. The first-order valence-electron chi connectivity index (χ1n) is 9.95. The van der Waals surface area contributed by atoms with Crippen molar-refractivity contribution in [1.29, 1.82) is 0 Å². The van der Waals surface area contributed by atoms with Crippen molar-refractivity contribution >= 4 is 33.2 Å². The van der Waals surface area contributed by atoms with E-state index < -0.39 is 16.1 Å². The van der Waals surface area contributed by atoms with E-state index >= 15 is 0 Å². The van der Waals surface area contributed by atoms with Crippen molar-refractivity contribution in [3.8, 4) is 5.75 Å². The summed E-state index contributed by atoms with van der Waals surface area (Å²) in [6.45, 7) is 5.79. The molecule has 0 aromatic heterocycles. The zero-order valence-electron chi connectivity index (χ0n) is 16.7. The van der Waals surface area contributed by atoms with Gasteiger partial charge in [-0.25, -0.2) is 8.42 Å². The molecule has 4 rings (SSSR count). The molecule has 1 atom stereocenters. The van der Waals surface area contributed by atoms with Gasteiger partial charge < -0.3 is 14.5 Å². The summed E-state index contributed by atoms with van der Waals surface area (Å²) in [6, 6.07) is 12.9. The second-order valence-electron chi connectivity index (χ2n) is 7.32. The number of carbonyl (C=O) groups is 1. The molecular weight excluding hydrogens is 426 g/mol. The summed E-state index contributed by atoms with van der Waals surface area (Å²) in [4.78, 5) is 17.3. The van der Waals surface area contributed by atoms with Crippen molar-refractivity contribution in [1.82, 2.24) is 9.80 Å². The number of ether oxygens (including phenoxy) is 1. The standard InChI is InChI=1S/C21H24ClN3O4S/c1-2-23-11-13-24(14-12-23)21(26)20-15-25(18-5-3-4-6-19(18)29-20)30(27,28)17-9-7-16(22)8-10-17/h3-10,20H,2,11-15H2,1H3/t20-/m1/s1. The van der Waals surface area contributed by atoms with Crippen LogP contribution in [-0.2, 0) is 14.8 Å². The number of rotatable bonds is 4. The Morgan fingerprint density at radius 1 is 1.07 bits per heavy atom. The zero-order valence-corrected chi connectivity index (χ0v) is 18.3. The number of fused-ring (bicyclic) bond motifs is 1. The fourth-order valence-electron chi connectivity index (χ4n) is 3.78. The summed E-state index contributed by atoms with van der Waals surface area (Å²) in [5, 5.41) is 0.454. The smallest absolute Gasteiger partial charge is 0.265 e. The number of amides is 1. The van der Waals surface area contributed by atoms with E-state index in [1.165, 1.54) is 28.6 Å². The fraction of sp³-hybridized carbons (Fsp3) is 0.381. The van der Waals surface area contributed by atoms with Crippen molar-refractivity contribution in [2.75, 3.05) is 43.6 Å². The number of hydrogen-bond donors (Lipinski definition) is 0. The molecule has 0 N–H and O–H groups in total. The van der Waals surface area contributed by atoms with E-state index in [1.807, 2.05) is 0 Å². The van der Waals surface area contributed by atoms with Gasteiger partial charge in [-0.1, -0.05) is 30.7 Å². The van der Waals surface area contributed by atoms with Crippen LogP contribution in [0.15, 0.2) is 53.4 Å². The van der Waals surface area contributed by atoms with Gasteiger partial charge in [-0.2, -0.15) is 0 Å². The lowest BCUT2D eigenvalue weighted by atomic mass is 10.2. The molecule has 2 heterocycles. The first-order chi connectivity index (χ1) is 14.4. The largest absolute Gasteiger partial charge is 0.476 e. The third-order valence-corrected chi connectivity index (χ3v) is 7.59. The maximum Gasteiger partial charge on any atom is 0.265 e. The van der Waals surface area contributed by atoms with E-state index in [0.717, 1.165) is 19.6 Å². The molecule has 9 heteroatoms. The van der Waals surface area contributed by atoms with E-state index in [0.29, 0.717) is 29.5 Å². The zero-order chi connectivity index (χ0) is 21.3. The molecule has 2 aliphatic heterocycles. The normalized spacial score (nSPS) is 19.9. The number of sulfonamides is 1. The highest BCUT2D eigenvalue weighted by Crippen LogP contribution is 2.37. The lowest BCUT2D eigenvalue weighted by Gasteiger charge is -2.39. The number of nitrogens with zero attached hydrogens (tertiary/aromatic N) is 3. The van der Waals surface area contributed by atoms with Gasteiger partial charge in [0.1, 0.15) is 5.75 Å². The summed E-state index contributed by atoms with van der Waals surface area (Å²) in [5.41, 5.74) is 0.423. The number of para-hydroxylation sites is 2. The van der Waals surface area contributed by atoms with E-state index in [1.54, 1.807) is 29.2 Å². The highest BCUT2D eigenvalue weighted by Gasteiger charge is 2.39. The maximum atomic E-state index is 13.4. The van der Waals surface area contributed by atoms with Crippen LogP contribution in [0.4, 0.5) is 5.69 Å². The van der Waals surface area contributed by atoms with Crippen LogP contribution in [0.3, 0.4) is 0 Å². The summed E-state index contributed by atoms with van der Waals surface area (Å²) in [7, 11) is -3.89. The Bertz CT molecular complexity index is 1020. The molecule has 2 aliphatic rings. The van der Waals surface area contributed by atoms with Crippen molar-refractivity contribution in [2.45, 2.75) is 17.9 Å². The topological polar surface area (TPSA) is 70.2 Å². The van der Waals surface area contributed by atoms with E-state index in [-0.39, 0.29) is 17.3 Å². The van der Waals surface area contributed by atoms with Crippen LogP contribution in [0.1, 0.15) is 6.92 Å². The number of likely N-dealkylation sites (N-methyl/N-ethyl adjacent to an activating group) is 1. The average molecular weight is 450 g/mol. The molecule has 0 unspecified atom stereocenters. The van der Waals surface area contributed by atoms with Gasteiger partial charge in [-0.05, 0) is 42.9 Å². The monoisotopic (exact) mass is 449 g/mol. The molecule has 1 saturated heterocycles. The number of piperazine rings is 1. The number of anilines is 1. The summed E-state index contributed by atoms with van der Waals surface area (Å²) in [5.74, 6) is 0.198. The van der Waals surface area contributed by atoms with Crippen LogP contribution < -0.4 is 9.04 Å². The molecule has 7 nitrogen and oxygen atoms in total. The van der Waals surface area contributed by atoms with Gasteiger partial charge in [0, 0.05) is 31.2 Å². The van der Waals surface area contributed by atoms with E-state index in [2.05, 4.69) is 11.8 Å². The highest BCUT2D eigenvalue weighted by molar-refractivity contribution is 7.92. The molecule has 1 amide bonds. The SMILES string of the molecule is CCN1CCN(C(=O)[C@H]2CN(S(=O)(=O)c3ccc(Cl)cc3)c3ccccc3O2)CC1. The van der Waals surface area contributed by atoms with Gasteiger partial charge >= 0.3 is 0 Å². The predicted octanol–water partition coefficient (Wildman–Crippen LogP) is 2.46. The van der Waals surface area contributed by atoms with Gasteiger partial charge in [0.15, 0.2) is 6.10 Å². The van der Waals surface area contributed by atoms with Crippen molar-refractivity contribution in [3.05, 3.63) is 53.6 Å². The predicted molar refractivity (Wildman–Crippen MR) is 116 cm³/mol. The van der Waals surface area contributed by atoms with Crippen molar-refractivity contribution in [2.24, 2.45) is 0 Å². The first kappa shape index (κ1) is 21.0. The molecule has 0 radical (unpaired) electrons. The Labute approximate surface area is 181 Å². The number of halogens is 1. The number of carbonyl (C=O) groups excluding carboxylic acids is 1. The van der Waals surface area contributed by atoms with Gasteiger partial charge in [0.2, 0.25) is 0 Å². The molecule has 30 heavy (non-hydrogen) atoms. The fourth-order valence-corrected chi connectivity index (χ4v) is 5.38. The van der Waals surface area contributed by atoms with E-state index in [4.69, 9.17) is 16.3 Å². The molecular formula is C21H24ClN3O4S. The number of benzene rings is 2. The van der Waals surface area contributed by atoms with Crippen molar-refractivity contribution < 1.29 is 17.9 Å². The molecule has 0 bridgehead atoms. The molecule has 160 valence electrons. The third kappa shape index (κ3) is 3.99. The average Bonchev–Trinajstić information content (AvgIpc) is 2.78. The summed E-state index contributed by atoms with van der Waals surface area (Å²) < 4.78 is 34.0. The third-order valence-electron chi connectivity index (χ3n) is 5.54. The lowest BCUT2D eigenvalue weighted by molar-refractivity contribution is -0.140. The Morgan fingerprint density at radius 3 is 2.40 bits per heavy atom. The van der Waals surface area contributed by atoms with Crippen LogP contribution in [-0.4, -0.2) is 69.5 Å². The maximum absolute atomic E-state index is 13.4. The van der Waals surface area contributed by atoms with Crippen LogP contribution in [0.25, 0.3) is 0 Å². The molecule has 0 aliphatic carbocycles. The number of hydrogen-bond acceptors (Lipinski definition) is 5. The molecule has 0 spiro atoms.